The van der Waals surface area contributed by atoms with Gasteiger partial charge in [-0.15, -0.1) is 0 Å². The summed E-state index contributed by atoms with van der Waals surface area (Å²) in [7, 11) is 0. The highest BCUT2D eigenvalue weighted by Gasteiger charge is 1.95. The first-order valence-electron chi connectivity index (χ1n) is 5.60. The topological polar surface area (TPSA) is 12.0 Å². The Hall–Kier alpha value is -0.820. The van der Waals surface area contributed by atoms with Crippen LogP contribution in [0.2, 0.25) is 0 Å². The Morgan fingerprint density at radius 1 is 1.14 bits per heavy atom. The molecule has 1 heteroatoms. The van der Waals surface area contributed by atoms with E-state index in [2.05, 4.69) is 43.4 Å². The van der Waals surface area contributed by atoms with Gasteiger partial charge in [-0.05, 0) is 31.0 Å². The van der Waals surface area contributed by atoms with Crippen LogP contribution in [0.15, 0.2) is 24.3 Å². The molecule has 1 N–H and O–H groups in total. The number of hydrogen-bond acceptors (Lipinski definition) is 1. The molecule has 0 saturated heterocycles. The first-order chi connectivity index (χ1) is 6.84. The van der Waals surface area contributed by atoms with Gasteiger partial charge in [-0.1, -0.05) is 44.0 Å². The maximum Gasteiger partial charge on any atom is 0.0208 e. The summed E-state index contributed by atoms with van der Waals surface area (Å²) in [5.74, 6) is 0. The number of hydrogen-bond donors (Lipinski definition) is 1. The maximum absolute atomic E-state index is 3.48. The largest absolute Gasteiger partial charge is 0.313 e. The molecule has 0 fully saturated rings. The lowest BCUT2D eigenvalue weighted by Crippen LogP contribution is -2.15. The molecule has 0 unspecified atom stereocenters. The maximum atomic E-state index is 3.48. The summed E-state index contributed by atoms with van der Waals surface area (Å²) < 4.78 is 0. The summed E-state index contributed by atoms with van der Waals surface area (Å²) in [5, 5.41) is 3.48. The summed E-state index contributed by atoms with van der Waals surface area (Å²) in [6, 6.07) is 8.57. The Morgan fingerprint density at radius 2 is 1.93 bits per heavy atom. The van der Waals surface area contributed by atoms with Crippen molar-refractivity contribution in [2.45, 2.75) is 39.7 Å². The Bertz CT molecular complexity index is 255. The van der Waals surface area contributed by atoms with Crippen LogP contribution in [-0.4, -0.2) is 6.54 Å². The average Bonchev–Trinajstić information content (AvgIpc) is 2.20. The van der Waals surface area contributed by atoms with Gasteiger partial charge in [0.05, 0.1) is 0 Å². The monoisotopic (exact) mass is 191 g/mol. The molecule has 78 valence electrons. The molecule has 0 amide bonds. The third-order valence-electron chi connectivity index (χ3n) is 2.53. The second-order valence-electron chi connectivity index (χ2n) is 3.81. The molecule has 1 nitrogen and oxygen atoms in total. The summed E-state index contributed by atoms with van der Waals surface area (Å²) in [6.45, 7) is 6.56. The molecule has 0 spiro atoms. The van der Waals surface area contributed by atoms with Crippen LogP contribution in [0, 0.1) is 6.92 Å². The molecule has 14 heavy (non-hydrogen) atoms. The van der Waals surface area contributed by atoms with E-state index in [0.29, 0.717) is 0 Å². The Morgan fingerprint density at radius 3 is 2.64 bits per heavy atom. The molecule has 0 aliphatic heterocycles. The van der Waals surface area contributed by atoms with E-state index >= 15 is 0 Å². The number of rotatable bonds is 6. The van der Waals surface area contributed by atoms with Crippen molar-refractivity contribution in [1.29, 1.82) is 0 Å². The molecule has 0 aromatic heterocycles. The molecular formula is C13H21N. The van der Waals surface area contributed by atoms with Gasteiger partial charge in [0.15, 0.2) is 0 Å². The minimum Gasteiger partial charge on any atom is -0.313 e. The first kappa shape index (κ1) is 11.3. The van der Waals surface area contributed by atoms with Crippen LogP contribution < -0.4 is 5.32 Å². The number of aryl methyl sites for hydroxylation is 1. The minimum atomic E-state index is 1.01. The molecule has 0 saturated carbocycles. The zero-order valence-electron chi connectivity index (χ0n) is 9.34. The van der Waals surface area contributed by atoms with E-state index in [1.165, 1.54) is 30.4 Å². The normalized spacial score (nSPS) is 10.4. The minimum absolute atomic E-state index is 1.01. The molecule has 1 aromatic carbocycles. The lowest BCUT2D eigenvalue weighted by atomic mass is 10.1. The van der Waals surface area contributed by atoms with E-state index in [9.17, 15) is 0 Å². The molecular weight excluding hydrogens is 170 g/mol. The van der Waals surface area contributed by atoms with Crippen LogP contribution in [0.3, 0.4) is 0 Å². The molecule has 1 aromatic rings. The van der Waals surface area contributed by atoms with E-state index in [4.69, 9.17) is 0 Å². The summed E-state index contributed by atoms with van der Waals surface area (Å²) in [6.07, 6.45) is 3.93. The van der Waals surface area contributed by atoms with Gasteiger partial charge < -0.3 is 5.32 Å². The molecule has 0 atom stereocenters. The van der Waals surface area contributed by atoms with Crippen molar-refractivity contribution in [3.05, 3.63) is 35.4 Å². The predicted molar refractivity (Wildman–Crippen MR) is 62.4 cm³/mol. The fraction of sp³-hybridized carbons (Fsp3) is 0.538. The van der Waals surface area contributed by atoms with Crippen molar-refractivity contribution in [2.75, 3.05) is 6.54 Å². The van der Waals surface area contributed by atoms with Gasteiger partial charge in [0.25, 0.3) is 0 Å². The van der Waals surface area contributed by atoms with Gasteiger partial charge in [0.2, 0.25) is 0 Å². The van der Waals surface area contributed by atoms with Gasteiger partial charge in [-0.3, -0.25) is 0 Å². The van der Waals surface area contributed by atoms with Crippen LogP contribution >= 0.6 is 0 Å². The van der Waals surface area contributed by atoms with Crippen LogP contribution in [0.4, 0.5) is 0 Å². The Balaban J connectivity index is 2.21. The zero-order valence-corrected chi connectivity index (χ0v) is 9.34. The predicted octanol–water partition coefficient (Wildman–Crippen LogP) is 3.27. The molecule has 0 aliphatic rings. The second kappa shape index (κ2) is 6.61. The van der Waals surface area contributed by atoms with Crippen molar-refractivity contribution in [1.82, 2.24) is 5.32 Å². The van der Waals surface area contributed by atoms with Gasteiger partial charge >= 0.3 is 0 Å². The van der Waals surface area contributed by atoms with Gasteiger partial charge in [-0.2, -0.15) is 0 Å². The summed E-state index contributed by atoms with van der Waals surface area (Å²) in [4.78, 5) is 0. The molecule has 1 rings (SSSR count). The SMILES string of the molecule is CCCCCNCc1ccccc1C. The lowest BCUT2D eigenvalue weighted by molar-refractivity contribution is 0.615. The second-order valence-corrected chi connectivity index (χ2v) is 3.81. The highest BCUT2D eigenvalue weighted by atomic mass is 14.8. The molecule has 0 radical (unpaired) electrons. The van der Waals surface area contributed by atoms with Crippen LogP contribution in [0.25, 0.3) is 0 Å². The Kier molecular flexibility index (Phi) is 5.31. The molecule has 0 heterocycles. The van der Waals surface area contributed by atoms with Crippen molar-refractivity contribution in [3.8, 4) is 0 Å². The van der Waals surface area contributed by atoms with Gasteiger partial charge in [0.1, 0.15) is 0 Å². The van der Waals surface area contributed by atoms with E-state index in [-0.39, 0.29) is 0 Å². The standard InChI is InChI=1S/C13H21N/c1-3-4-7-10-14-11-13-9-6-5-8-12(13)2/h5-6,8-9,14H,3-4,7,10-11H2,1-2H3. The molecule has 0 bridgehead atoms. The number of nitrogens with one attached hydrogen (secondary N) is 1. The first-order valence-corrected chi connectivity index (χ1v) is 5.60. The lowest BCUT2D eigenvalue weighted by Gasteiger charge is -2.06. The van der Waals surface area contributed by atoms with E-state index in [0.717, 1.165) is 13.1 Å². The highest BCUT2D eigenvalue weighted by molar-refractivity contribution is 5.25. The van der Waals surface area contributed by atoms with Gasteiger partial charge in [-0.25, -0.2) is 0 Å². The zero-order chi connectivity index (χ0) is 10.2. The molecule has 0 aliphatic carbocycles. The van der Waals surface area contributed by atoms with Crippen molar-refractivity contribution in [3.63, 3.8) is 0 Å². The number of benzene rings is 1. The highest BCUT2D eigenvalue weighted by Crippen LogP contribution is 2.06. The van der Waals surface area contributed by atoms with Crippen molar-refractivity contribution in [2.24, 2.45) is 0 Å². The number of unbranched alkanes of at least 4 members (excludes halogenated alkanes) is 2. The average molecular weight is 191 g/mol. The van der Waals surface area contributed by atoms with Gasteiger partial charge in [0, 0.05) is 6.54 Å². The van der Waals surface area contributed by atoms with E-state index in [1.807, 2.05) is 0 Å². The van der Waals surface area contributed by atoms with Crippen molar-refractivity contribution >= 4 is 0 Å². The third kappa shape index (κ3) is 3.93. The Labute approximate surface area is 87.5 Å². The van der Waals surface area contributed by atoms with Crippen molar-refractivity contribution < 1.29 is 0 Å². The van der Waals surface area contributed by atoms with E-state index in [1.54, 1.807) is 0 Å². The fourth-order valence-electron chi connectivity index (χ4n) is 1.53. The summed E-state index contributed by atoms with van der Waals surface area (Å²) in [5.41, 5.74) is 2.81. The smallest absolute Gasteiger partial charge is 0.0208 e. The third-order valence-corrected chi connectivity index (χ3v) is 2.53. The van der Waals surface area contributed by atoms with Crippen LogP contribution in [0.5, 0.6) is 0 Å². The quantitative estimate of drug-likeness (QED) is 0.680. The van der Waals surface area contributed by atoms with Crippen LogP contribution in [-0.2, 0) is 6.54 Å². The summed E-state index contributed by atoms with van der Waals surface area (Å²) >= 11 is 0. The fourth-order valence-corrected chi connectivity index (χ4v) is 1.53. The van der Waals surface area contributed by atoms with Crippen LogP contribution in [0.1, 0.15) is 37.3 Å². The van der Waals surface area contributed by atoms with E-state index < -0.39 is 0 Å².